The lowest BCUT2D eigenvalue weighted by Crippen LogP contribution is -2.45. The van der Waals surface area contributed by atoms with Crippen molar-refractivity contribution in [2.75, 3.05) is 0 Å². The molecule has 0 unspecified atom stereocenters. The molecule has 1 aromatic carbocycles. The first kappa shape index (κ1) is 15.0. The van der Waals surface area contributed by atoms with Crippen LogP contribution in [0.25, 0.3) is 0 Å². The highest BCUT2D eigenvalue weighted by Gasteiger charge is 2.14. The van der Waals surface area contributed by atoms with Gasteiger partial charge in [-0.05, 0) is 37.0 Å². The highest BCUT2D eigenvalue weighted by atomic mass is 32.1. The van der Waals surface area contributed by atoms with E-state index in [0.29, 0.717) is 17.6 Å². The second kappa shape index (κ2) is 8.00. The summed E-state index contributed by atoms with van der Waals surface area (Å²) in [4.78, 5) is 11.8. The molecule has 1 aliphatic carbocycles. The maximum Gasteiger partial charge on any atom is 0.226 e. The molecule has 0 aromatic heterocycles. The molecule has 3 nitrogen and oxygen atoms in total. The van der Waals surface area contributed by atoms with Gasteiger partial charge in [-0.15, -0.1) is 0 Å². The normalized spacial score (nSPS) is 15.6. The molecule has 0 radical (unpaired) electrons. The number of amides is 1. The molecule has 20 heavy (non-hydrogen) atoms. The number of aryl methyl sites for hydroxylation is 1. The van der Waals surface area contributed by atoms with Gasteiger partial charge in [-0.1, -0.05) is 49.6 Å². The first-order valence-corrected chi connectivity index (χ1v) is 7.79. The van der Waals surface area contributed by atoms with E-state index >= 15 is 0 Å². The van der Waals surface area contributed by atoms with Crippen molar-refractivity contribution < 1.29 is 4.79 Å². The Morgan fingerprint density at radius 2 is 1.85 bits per heavy atom. The number of carbonyl (C=O) groups excluding carboxylic acids is 1. The van der Waals surface area contributed by atoms with Crippen LogP contribution in [-0.2, 0) is 11.2 Å². The Balaban J connectivity index is 1.67. The average molecular weight is 290 g/mol. The van der Waals surface area contributed by atoms with Gasteiger partial charge in [0.05, 0.1) is 0 Å². The van der Waals surface area contributed by atoms with Crippen LogP contribution in [0.3, 0.4) is 0 Å². The van der Waals surface area contributed by atoms with E-state index in [1.54, 1.807) is 0 Å². The molecule has 2 N–H and O–H groups in total. The van der Waals surface area contributed by atoms with Crippen LogP contribution >= 0.6 is 12.2 Å². The van der Waals surface area contributed by atoms with E-state index in [1.807, 2.05) is 30.3 Å². The summed E-state index contributed by atoms with van der Waals surface area (Å²) in [5.74, 6) is -0.0119. The quantitative estimate of drug-likeness (QED) is 0.838. The molecule has 2 rings (SSSR count). The number of hydrogen-bond acceptors (Lipinski definition) is 2. The zero-order valence-electron chi connectivity index (χ0n) is 11.7. The van der Waals surface area contributed by atoms with Gasteiger partial charge in [0.15, 0.2) is 5.11 Å². The van der Waals surface area contributed by atoms with Crippen molar-refractivity contribution in [1.29, 1.82) is 0 Å². The third kappa shape index (κ3) is 5.29. The van der Waals surface area contributed by atoms with Crippen LogP contribution in [-0.4, -0.2) is 17.1 Å². The van der Waals surface area contributed by atoms with Gasteiger partial charge in [0, 0.05) is 12.5 Å². The molecule has 0 aliphatic heterocycles. The van der Waals surface area contributed by atoms with Crippen LogP contribution < -0.4 is 10.6 Å². The third-order valence-electron chi connectivity index (χ3n) is 3.68. The lowest BCUT2D eigenvalue weighted by Gasteiger charge is -2.24. The average Bonchev–Trinajstić information content (AvgIpc) is 2.47. The fourth-order valence-corrected chi connectivity index (χ4v) is 2.84. The number of thiocarbonyl (C=S) groups is 1. The highest BCUT2D eigenvalue weighted by molar-refractivity contribution is 7.80. The monoisotopic (exact) mass is 290 g/mol. The predicted octanol–water partition coefficient (Wildman–Crippen LogP) is 2.94. The van der Waals surface area contributed by atoms with E-state index in [9.17, 15) is 4.79 Å². The standard InChI is InChI=1S/C16H22N2OS/c19-15(12-11-13-7-3-1-4-8-13)18-16(20)17-14-9-5-2-6-10-14/h1,3-4,7-8,14H,2,5-6,9-12H2,(H2,17,18,19,20). The summed E-state index contributed by atoms with van der Waals surface area (Å²) < 4.78 is 0. The lowest BCUT2D eigenvalue weighted by molar-refractivity contribution is -0.119. The summed E-state index contributed by atoms with van der Waals surface area (Å²) in [6.07, 6.45) is 7.34. The number of nitrogens with one attached hydrogen (secondary N) is 2. The van der Waals surface area contributed by atoms with Crippen molar-refractivity contribution in [3.8, 4) is 0 Å². The first-order chi connectivity index (χ1) is 9.74. The van der Waals surface area contributed by atoms with E-state index < -0.39 is 0 Å². The van der Waals surface area contributed by atoms with Crippen LogP contribution in [0.2, 0.25) is 0 Å². The third-order valence-corrected chi connectivity index (χ3v) is 3.90. The Morgan fingerprint density at radius 3 is 2.55 bits per heavy atom. The Hall–Kier alpha value is -1.42. The van der Waals surface area contributed by atoms with Crippen molar-refractivity contribution in [2.45, 2.75) is 51.0 Å². The second-order valence-corrected chi connectivity index (χ2v) is 5.75. The van der Waals surface area contributed by atoms with Gasteiger partial charge in [0.25, 0.3) is 0 Å². The van der Waals surface area contributed by atoms with Crippen LogP contribution in [0.5, 0.6) is 0 Å². The maximum absolute atomic E-state index is 11.8. The molecular formula is C16H22N2OS. The van der Waals surface area contributed by atoms with Gasteiger partial charge in [0.1, 0.15) is 0 Å². The van der Waals surface area contributed by atoms with Gasteiger partial charge in [-0.25, -0.2) is 0 Å². The number of carbonyl (C=O) groups is 1. The van der Waals surface area contributed by atoms with Crippen molar-refractivity contribution >= 4 is 23.2 Å². The molecule has 1 aliphatic rings. The molecule has 1 amide bonds. The van der Waals surface area contributed by atoms with Crippen LogP contribution in [0.15, 0.2) is 30.3 Å². The smallest absolute Gasteiger partial charge is 0.226 e. The Labute approximate surface area is 126 Å². The molecule has 0 saturated heterocycles. The Kier molecular flexibility index (Phi) is 5.99. The fraction of sp³-hybridized carbons (Fsp3) is 0.500. The second-order valence-electron chi connectivity index (χ2n) is 5.34. The maximum atomic E-state index is 11.8. The van der Waals surface area contributed by atoms with Crippen molar-refractivity contribution in [3.63, 3.8) is 0 Å². The molecule has 0 heterocycles. The summed E-state index contributed by atoms with van der Waals surface area (Å²) in [7, 11) is 0. The van der Waals surface area contributed by atoms with Crippen molar-refractivity contribution in [1.82, 2.24) is 10.6 Å². The minimum absolute atomic E-state index is 0.0119. The zero-order chi connectivity index (χ0) is 14.2. The molecule has 0 atom stereocenters. The summed E-state index contributed by atoms with van der Waals surface area (Å²) in [5.41, 5.74) is 1.17. The van der Waals surface area contributed by atoms with Gasteiger partial charge >= 0.3 is 0 Å². The van der Waals surface area contributed by atoms with E-state index in [1.165, 1.54) is 24.8 Å². The summed E-state index contributed by atoms with van der Waals surface area (Å²) in [6, 6.07) is 10.5. The minimum Gasteiger partial charge on any atom is -0.360 e. The van der Waals surface area contributed by atoms with Crippen LogP contribution in [0.1, 0.15) is 44.1 Å². The van der Waals surface area contributed by atoms with Gasteiger partial charge in [0.2, 0.25) is 5.91 Å². The SMILES string of the molecule is O=C(CCc1ccccc1)NC(=S)NC1CCCCC1. The molecule has 1 aromatic rings. The van der Waals surface area contributed by atoms with Gasteiger partial charge in [-0.3, -0.25) is 4.79 Å². The molecule has 0 spiro atoms. The van der Waals surface area contributed by atoms with Crippen LogP contribution in [0.4, 0.5) is 0 Å². The summed E-state index contributed by atoms with van der Waals surface area (Å²) in [6.45, 7) is 0. The molecule has 108 valence electrons. The van der Waals surface area contributed by atoms with Gasteiger partial charge < -0.3 is 10.6 Å². The summed E-state index contributed by atoms with van der Waals surface area (Å²) >= 11 is 5.20. The Bertz CT molecular complexity index is 441. The number of hydrogen-bond donors (Lipinski definition) is 2. The van der Waals surface area contributed by atoms with E-state index in [0.717, 1.165) is 19.3 Å². The zero-order valence-corrected chi connectivity index (χ0v) is 12.5. The first-order valence-electron chi connectivity index (χ1n) is 7.38. The predicted molar refractivity (Wildman–Crippen MR) is 85.5 cm³/mol. The molecule has 0 bridgehead atoms. The number of benzene rings is 1. The largest absolute Gasteiger partial charge is 0.360 e. The van der Waals surface area contributed by atoms with Gasteiger partial charge in [-0.2, -0.15) is 0 Å². The molecule has 1 saturated carbocycles. The van der Waals surface area contributed by atoms with Crippen molar-refractivity contribution in [3.05, 3.63) is 35.9 Å². The van der Waals surface area contributed by atoms with E-state index in [4.69, 9.17) is 12.2 Å². The molecule has 4 heteroatoms. The highest BCUT2D eigenvalue weighted by Crippen LogP contribution is 2.17. The van der Waals surface area contributed by atoms with Crippen LogP contribution in [0, 0.1) is 0 Å². The minimum atomic E-state index is -0.0119. The molecular weight excluding hydrogens is 268 g/mol. The number of rotatable bonds is 4. The Morgan fingerprint density at radius 1 is 1.15 bits per heavy atom. The fourth-order valence-electron chi connectivity index (χ4n) is 2.56. The topological polar surface area (TPSA) is 41.1 Å². The van der Waals surface area contributed by atoms with E-state index in [-0.39, 0.29) is 5.91 Å². The van der Waals surface area contributed by atoms with Crippen molar-refractivity contribution in [2.24, 2.45) is 0 Å². The van der Waals surface area contributed by atoms with E-state index in [2.05, 4.69) is 10.6 Å². The summed E-state index contributed by atoms with van der Waals surface area (Å²) in [5, 5.41) is 6.51. The lowest BCUT2D eigenvalue weighted by atomic mass is 9.96. The molecule has 1 fully saturated rings.